The maximum absolute atomic E-state index is 13.1. The van der Waals surface area contributed by atoms with Crippen LogP contribution in [0.1, 0.15) is 0 Å². The molecule has 1 aliphatic heterocycles. The van der Waals surface area contributed by atoms with E-state index in [9.17, 15) is 18.3 Å². The van der Waals surface area contributed by atoms with Crippen molar-refractivity contribution < 1.29 is 32.5 Å². The molecule has 0 unspecified atom stereocenters. The molecule has 0 aromatic heterocycles. The number of anilines is 1. The summed E-state index contributed by atoms with van der Waals surface area (Å²) in [6, 6.07) is 6.81. The zero-order valence-corrected chi connectivity index (χ0v) is 16.1. The zero-order chi connectivity index (χ0) is 19.8. The molecule has 0 atom stereocenters. The molecule has 144 valence electrons. The van der Waals surface area contributed by atoms with E-state index >= 15 is 0 Å². The Morgan fingerprint density at radius 3 is 2.56 bits per heavy atom. The largest absolute Gasteiger partial charge is 0.495 e. The Kier molecular flexibility index (Phi) is 5.27. The van der Waals surface area contributed by atoms with Gasteiger partial charge in [-0.3, -0.25) is 9.10 Å². The van der Waals surface area contributed by atoms with Crippen LogP contribution in [0, 0.1) is 0 Å². The predicted octanol–water partition coefficient (Wildman–Crippen LogP) is 3.01. The maximum atomic E-state index is 13.1. The number of halogens is 2. The van der Waals surface area contributed by atoms with Crippen LogP contribution in [0.4, 0.5) is 5.69 Å². The van der Waals surface area contributed by atoms with E-state index in [2.05, 4.69) is 0 Å². The Bertz CT molecular complexity index is 1010. The summed E-state index contributed by atoms with van der Waals surface area (Å²) in [4.78, 5) is 11.0. The molecule has 1 N–H and O–H groups in total. The Hall–Kier alpha value is -2.36. The molecule has 2 aromatic rings. The predicted molar refractivity (Wildman–Crippen MR) is 97.7 cm³/mol. The molecule has 1 heterocycles. The fourth-order valence-corrected chi connectivity index (χ4v) is 4.69. The van der Waals surface area contributed by atoms with Gasteiger partial charge in [0.1, 0.15) is 22.2 Å². The van der Waals surface area contributed by atoms with Gasteiger partial charge in [-0.25, -0.2) is 8.42 Å². The molecule has 0 amide bonds. The van der Waals surface area contributed by atoms with Crippen molar-refractivity contribution in [2.45, 2.75) is 4.90 Å². The topological polar surface area (TPSA) is 102 Å². The van der Waals surface area contributed by atoms with Gasteiger partial charge in [0, 0.05) is 6.07 Å². The molecule has 0 saturated carbocycles. The number of fused-ring (bicyclic) bond motifs is 1. The van der Waals surface area contributed by atoms with Crippen LogP contribution in [-0.4, -0.2) is 39.9 Å². The summed E-state index contributed by atoms with van der Waals surface area (Å²) >= 11 is 12.2. The number of nitrogens with zero attached hydrogens (tertiary/aromatic N) is 1. The van der Waals surface area contributed by atoms with E-state index in [1.54, 1.807) is 0 Å². The molecule has 0 bridgehead atoms. The van der Waals surface area contributed by atoms with Crippen molar-refractivity contribution in [3.05, 3.63) is 40.4 Å². The molecular weight excluding hydrogens is 421 g/mol. The smallest absolute Gasteiger partial charge is 0.324 e. The second kappa shape index (κ2) is 7.34. The fraction of sp³-hybridized carbons (Fsp3) is 0.188. The zero-order valence-electron chi connectivity index (χ0n) is 13.8. The minimum atomic E-state index is -4.36. The van der Waals surface area contributed by atoms with Crippen LogP contribution < -0.4 is 18.5 Å². The van der Waals surface area contributed by atoms with E-state index in [1.807, 2.05) is 0 Å². The number of carboxylic acid groups (broad SMARTS) is 1. The summed E-state index contributed by atoms with van der Waals surface area (Å²) in [5, 5.41) is 8.85. The monoisotopic (exact) mass is 433 g/mol. The molecule has 2 aromatic carbocycles. The van der Waals surface area contributed by atoms with Gasteiger partial charge in [0.05, 0.1) is 17.8 Å². The van der Waals surface area contributed by atoms with Crippen LogP contribution >= 0.6 is 23.2 Å². The number of sulfonamides is 1. The first-order valence-electron chi connectivity index (χ1n) is 7.42. The Labute approximate surface area is 164 Å². The minimum Gasteiger partial charge on any atom is -0.495 e. The Morgan fingerprint density at radius 2 is 1.89 bits per heavy atom. The molecule has 0 spiro atoms. The molecule has 0 saturated heterocycles. The number of hydrogen-bond acceptors (Lipinski definition) is 6. The SMILES string of the molecule is COc1ccc(S(=O)(=O)N(CC(=O)O)c2ccc3c(c2)OCO3)c(Cl)c1Cl. The molecule has 0 radical (unpaired) electrons. The minimum absolute atomic E-state index is 0.00954. The highest BCUT2D eigenvalue weighted by Crippen LogP contribution is 2.40. The Balaban J connectivity index is 2.12. The number of ether oxygens (including phenoxy) is 3. The number of carbonyl (C=O) groups is 1. The van der Waals surface area contributed by atoms with Crippen LogP contribution in [0.3, 0.4) is 0 Å². The van der Waals surface area contributed by atoms with Gasteiger partial charge in [-0.15, -0.1) is 0 Å². The van der Waals surface area contributed by atoms with Crippen molar-refractivity contribution in [3.8, 4) is 17.2 Å². The third kappa shape index (κ3) is 3.58. The quantitative estimate of drug-likeness (QED) is 0.746. The lowest BCUT2D eigenvalue weighted by Crippen LogP contribution is -2.36. The summed E-state index contributed by atoms with van der Waals surface area (Å²) in [6.07, 6.45) is 0. The van der Waals surface area contributed by atoms with Crippen molar-refractivity contribution in [2.75, 3.05) is 24.8 Å². The molecule has 1 aliphatic rings. The number of methoxy groups -OCH3 is 1. The van der Waals surface area contributed by atoms with Gasteiger partial charge in [-0.05, 0) is 24.3 Å². The first-order chi connectivity index (χ1) is 12.8. The first-order valence-corrected chi connectivity index (χ1v) is 9.61. The fourth-order valence-electron chi connectivity index (χ4n) is 2.47. The number of rotatable bonds is 6. The standard InChI is InChI=1S/C16H13Cl2NO7S/c1-24-11-4-5-13(16(18)15(11)17)27(22,23)19(7-14(20)21)9-2-3-10-12(6-9)26-8-25-10/h2-6H,7-8H2,1H3,(H,20,21). The summed E-state index contributed by atoms with van der Waals surface area (Å²) < 4.78 is 42.4. The molecular formula is C16H13Cl2NO7S. The van der Waals surface area contributed by atoms with Gasteiger partial charge >= 0.3 is 5.97 Å². The lowest BCUT2D eigenvalue weighted by molar-refractivity contribution is -0.135. The van der Waals surface area contributed by atoms with Gasteiger partial charge in [0.15, 0.2) is 11.5 Å². The second-order valence-electron chi connectivity index (χ2n) is 5.34. The normalized spacial score (nSPS) is 12.7. The number of aliphatic carboxylic acids is 1. The van der Waals surface area contributed by atoms with Crippen molar-refractivity contribution in [3.63, 3.8) is 0 Å². The van der Waals surface area contributed by atoms with Crippen LogP contribution in [0.25, 0.3) is 0 Å². The van der Waals surface area contributed by atoms with E-state index in [-0.39, 0.29) is 33.2 Å². The van der Waals surface area contributed by atoms with E-state index in [1.165, 1.54) is 37.4 Å². The molecule has 11 heteroatoms. The second-order valence-corrected chi connectivity index (χ2v) is 7.92. The maximum Gasteiger partial charge on any atom is 0.324 e. The number of carboxylic acids is 1. The highest BCUT2D eigenvalue weighted by molar-refractivity contribution is 7.93. The molecule has 27 heavy (non-hydrogen) atoms. The van der Waals surface area contributed by atoms with E-state index in [0.717, 1.165) is 0 Å². The molecule has 0 fully saturated rings. The summed E-state index contributed by atoms with van der Waals surface area (Å²) in [5.74, 6) is -0.436. The Morgan fingerprint density at radius 1 is 1.19 bits per heavy atom. The summed E-state index contributed by atoms with van der Waals surface area (Å²) in [6.45, 7) is -0.841. The third-order valence-corrected chi connectivity index (χ3v) is 6.52. The molecule has 3 rings (SSSR count). The van der Waals surface area contributed by atoms with Crippen molar-refractivity contribution in [1.82, 2.24) is 0 Å². The number of hydrogen-bond donors (Lipinski definition) is 1. The number of benzene rings is 2. The average Bonchev–Trinajstić information content (AvgIpc) is 3.09. The van der Waals surface area contributed by atoms with Crippen LogP contribution in [0.5, 0.6) is 17.2 Å². The highest BCUT2D eigenvalue weighted by atomic mass is 35.5. The van der Waals surface area contributed by atoms with Gasteiger partial charge in [0.2, 0.25) is 6.79 Å². The van der Waals surface area contributed by atoms with Gasteiger partial charge in [0.25, 0.3) is 10.0 Å². The van der Waals surface area contributed by atoms with Crippen molar-refractivity contribution >= 4 is 44.9 Å². The average molecular weight is 434 g/mol. The summed E-state index contributed by atoms with van der Waals surface area (Å²) in [5.41, 5.74) is 0.0738. The van der Waals surface area contributed by atoms with Gasteiger partial charge < -0.3 is 19.3 Å². The molecule has 8 nitrogen and oxygen atoms in total. The lowest BCUT2D eigenvalue weighted by Gasteiger charge is -2.24. The highest BCUT2D eigenvalue weighted by Gasteiger charge is 2.31. The van der Waals surface area contributed by atoms with E-state index in [4.69, 9.17) is 37.4 Å². The van der Waals surface area contributed by atoms with E-state index in [0.29, 0.717) is 15.8 Å². The van der Waals surface area contributed by atoms with Gasteiger partial charge in [-0.2, -0.15) is 0 Å². The lowest BCUT2D eigenvalue weighted by atomic mass is 10.3. The van der Waals surface area contributed by atoms with Crippen molar-refractivity contribution in [1.29, 1.82) is 0 Å². The summed E-state index contributed by atoms with van der Waals surface area (Å²) in [7, 11) is -3.00. The molecule has 0 aliphatic carbocycles. The van der Waals surface area contributed by atoms with Gasteiger partial charge in [-0.1, -0.05) is 23.2 Å². The van der Waals surface area contributed by atoms with E-state index < -0.39 is 22.5 Å². The van der Waals surface area contributed by atoms with Crippen LogP contribution in [-0.2, 0) is 14.8 Å². The first kappa shape index (κ1) is 19.4. The third-order valence-electron chi connectivity index (χ3n) is 3.72. The van der Waals surface area contributed by atoms with Crippen molar-refractivity contribution in [2.24, 2.45) is 0 Å². The van der Waals surface area contributed by atoms with Crippen LogP contribution in [0.2, 0.25) is 10.0 Å². The van der Waals surface area contributed by atoms with Crippen LogP contribution in [0.15, 0.2) is 35.2 Å².